The van der Waals surface area contributed by atoms with E-state index in [2.05, 4.69) is 65.3 Å². The number of amides is 1. The predicted octanol–water partition coefficient (Wildman–Crippen LogP) is 7.67. The van der Waals surface area contributed by atoms with Crippen LogP contribution in [0.3, 0.4) is 0 Å². The van der Waals surface area contributed by atoms with E-state index < -0.39 is 0 Å². The molecule has 3 nitrogen and oxygen atoms in total. The minimum absolute atomic E-state index is 0.00479. The number of anilines is 1. The molecule has 182 valence electrons. The van der Waals surface area contributed by atoms with Crippen LogP contribution < -0.4 is 4.90 Å². The number of halogens is 2. The molecule has 0 aromatic heterocycles. The van der Waals surface area contributed by atoms with Crippen LogP contribution >= 0.6 is 23.2 Å². The molecule has 0 radical (unpaired) electrons. The molecule has 5 heteroatoms. The van der Waals surface area contributed by atoms with E-state index >= 15 is 0 Å². The van der Waals surface area contributed by atoms with Crippen molar-refractivity contribution in [2.24, 2.45) is 5.92 Å². The lowest BCUT2D eigenvalue weighted by Crippen LogP contribution is -2.52. The van der Waals surface area contributed by atoms with Gasteiger partial charge >= 0.3 is 0 Å². The lowest BCUT2D eigenvalue weighted by Gasteiger charge is -2.44. The Labute approximate surface area is 218 Å². The maximum absolute atomic E-state index is 14.1. The van der Waals surface area contributed by atoms with Gasteiger partial charge in [-0.3, -0.25) is 4.79 Å². The number of nitrogens with zero attached hydrogens (tertiary/aromatic N) is 2. The molecular weight excluding hydrogens is 475 g/mol. The zero-order valence-electron chi connectivity index (χ0n) is 20.2. The minimum atomic E-state index is -0.0703. The van der Waals surface area contributed by atoms with Crippen molar-refractivity contribution in [2.75, 3.05) is 24.5 Å². The summed E-state index contributed by atoms with van der Waals surface area (Å²) in [5.41, 5.74) is 4.44. The summed E-state index contributed by atoms with van der Waals surface area (Å²) in [6.45, 7) is 4.09. The van der Waals surface area contributed by atoms with Gasteiger partial charge in [0.1, 0.15) is 0 Å². The molecule has 3 aromatic rings. The second-order valence-electron chi connectivity index (χ2n) is 9.93. The zero-order valence-corrected chi connectivity index (χ0v) is 21.7. The van der Waals surface area contributed by atoms with E-state index in [-0.39, 0.29) is 17.9 Å². The second-order valence-corrected chi connectivity index (χ2v) is 10.8. The van der Waals surface area contributed by atoms with E-state index in [9.17, 15) is 4.79 Å². The monoisotopic (exact) mass is 506 g/mol. The summed E-state index contributed by atoms with van der Waals surface area (Å²) >= 11 is 12.9. The molecule has 1 heterocycles. The van der Waals surface area contributed by atoms with Crippen molar-refractivity contribution < 1.29 is 4.79 Å². The number of piperazine rings is 1. The summed E-state index contributed by atoms with van der Waals surface area (Å²) < 4.78 is 0. The lowest BCUT2D eigenvalue weighted by atomic mass is 9.83. The molecule has 35 heavy (non-hydrogen) atoms. The highest BCUT2D eigenvalue weighted by Gasteiger charge is 2.38. The van der Waals surface area contributed by atoms with Crippen LogP contribution in [0.25, 0.3) is 0 Å². The van der Waals surface area contributed by atoms with Gasteiger partial charge in [-0.2, -0.15) is 0 Å². The van der Waals surface area contributed by atoms with Gasteiger partial charge in [0.25, 0.3) is 0 Å². The average Bonchev–Trinajstić information content (AvgIpc) is 3.40. The standard InChI is InChI=1S/C30H32Cl2N2O/c1-21-11-16-27(26(32)19-21)34-18-17-33(20-28(34)22-12-14-25(31)15-13-22)30(35)29(24-9-5-6-10-24)23-7-3-2-4-8-23/h2-4,7-8,11-16,19,24,28-29H,5-6,9-10,17-18,20H2,1H3. The highest BCUT2D eigenvalue weighted by atomic mass is 35.5. The molecule has 0 spiro atoms. The fraction of sp³-hybridized carbons (Fsp3) is 0.367. The van der Waals surface area contributed by atoms with Gasteiger partial charge in [0.2, 0.25) is 5.91 Å². The van der Waals surface area contributed by atoms with E-state index in [1.807, 2.05) is 24.3 Å². The predicted molar refractivity (Wildman–Crippen MR) is 145 cm³/mol. The van der Waals surface area contributed by atoms with Crippen LogP contribution in [0.1, 0.15) is 54.3 Å². The molecule has 1 saturated carbocycles. The zero-order chi connectivity index (χ0) is 24.4. The molecule has 1 aliphatic heterocycles. The number of rotatable bonds is 5. The van der Waals surface area contributed by atoms with E-state index in [0.29, 0.717) is 24.0 Å². The summed E-state index contributed by atoms with van der Waals surface area (Å²) in [5.74, 6) is 0.610. The topological polar surface area (TPSA) is 23.6 Å². The van der Waals surface area contributed by atoms with Gasteiger partial charge in [-0.05, 0) is 66.6 Å². The molecule has 2 fully saturated rings. The first-order valence-corrected chi connectivity index (χ1v) is 13.4. The highest BCUT2D eigenvalue weighted by molar-refractivity contribution is 6.33. The molecule has 1 amide bonds. The second kappa shape index (κ2) is 10.6. The number of benzene rings is 3. The molecular formula is C30H32Cl2N2O. The van der Waals surface area contributed by atoms with Gasteiger partial charge in [-0.25, -0.2) is 0 Å². The van der Waals surface area contributed by atoms with E-state index in [4.69, 9.17) is 23.2 Å². The first-order valence-electron chi connectivity index (χ1n) is 12.6. The van der Waals surface area contributed by atoms with Crippen LogP contribution in [0, 0.1) is 12.8 Å². The smallest absolute Gasteiger partial charge is 0.230 e. The van der Waals surface area contributed by atoms with Gasteiger partial charge in [0.15, 0.2) is 0 Å². The third-order valence-electron chi connectivity index (χ3n) is 7.66. The van der Waals surface area contributed by atoms with E-state index in [1.54, 1.807) is 0 Å². The first-order chi connectivity index (χ1) is 17.0. The van der Waals surface area contributed by atoms with Crippen LogP contribution in [0.2, 0.25) is 10.0 Å². The average molecular weight is 508 g/mol. The molecule has 0 N–H and O–H groups in total. The van der Waals surface area contributed by atoms with Crippen molar-refractivity contribution in [2.45, 2.75) is 44.6 Å². The van der Waals surface area contributed by atoms with Gasteiger partial charge in [0.05, 0.1) is 22.7 Å². The fourth-order valence-electron chi connectivity index (χ4n) is 5.85. The van der Waals surface area contributed by atoms with Crippen molar-refractivity contribution in [1.29, 1.82) is 0 Å². The number of carbonyl (C=O) groups is 1. The van der Waals surface area contributed by atoms with Gasteiger partial charge < -0.3 is 9.80 Å². The Balaban J connectivity index is 1.47. The normalized spacial score (nSPS) is 19.7. The third-order valence-corrected chi connectivity index (χ3v) is 8.21. The third kappa shape index (κ3) is 5.22. The molecule has 2 aliphatic rings. The Kier molecular flexibility index (Phi) is 7.36. The van der Waals surface area contributed by atoms with Crippen molar-refractivity contribution in [3.63, 3.8) is 0 Å². The van der Waals surface area contributed by atoms with E-state index in [0.717, 1.165) is 46.8 Å². The molecule has 3 aromatic carbocycles. The maximum Gasteiger partial charge on any atom is 0.230 e. The molecule has 5 rings (SSSR count). The lowest BCUT2D eigenvalue weighted by molar-refractivity contribution is -0.135. The Hall–Kier alpha value is -2.49. The SMILES string of the molecule is Cc1ccc(N2CCN(C(=O)C(c3ccccc3)C3CCCC3)CC2c2ccc(Cl)cc2)c(Cl)c1. The van der Waals surface area contributed by atoms with Crippen LogP contribution in [0.15, 0.2) is 72.8 Å². The number of aryl methyl sites for hydroxylation is 1. The van der Waals surface area contributed by atoms with Crippen molar-refractivity contribution in [3.05, 3.63) is 99.5 Å². The molecule has 2 atom stereocenters. The largest absolute Gasteiger partial charge is 0.360 e. The minimum Gasteiger partial charge on any atom is -0.360 e. The van der Waals surface area contributed by atoms with Crippen LogP contribution in [-0.2, 0) is 4.79 Å². The van der Waals surface area contributed by atoms with Gasteiger partial charge in [0, 0.05) is 24.7 Å². The van der Waals surface area contributed by atoms with Crippen LogP contribution in [0.5, 0.6) is 0 Å². The summed E-state index contributed by atoms with van der Waals surface area (Å²) in [4.78, 5) is 18.6. The fourth-order valence-corrected chi connectivity index (χ4v) is 6.32. The van der Waals surface area contributed by atoms with Crippen molar-refractivity contribution in [1.82, 2.24) is 4.90 Å². The molecule has 2 unspecified atom stereocenters. The number of carbonyl (C=O) groups excluding carboxylic acids is 1. The summed E-state index contributed by atoms with van der Waals surface area (Å²) in [6.07, 6.45) is 4.69. The summed E-state index contributed by atoms with van der Waals surface area (Å²) in [7, 11) is 0. The van der Waals surface area contributed by atoms with Gasteiger partial charge in [-0.1, -0.05) is 84.6 Å². The van der Waals surface area contributed by atoms with Crippen LogP contribution in [-0.4, -0.2) is 30.4 Å². The molecule has 1 saturated heterocycles. The summed E-state index contributed by atoms with van der Waals surface area (Å²) in [5, 5.41) is 1.46. The van der Waals surface area contributed by atoms with Crippen molar-refractivity contribution >= 4 is 34.8 Å². The molecule has 0 bridgehead atoms. The Bertz CT molecular complexity index is 1160. The number of hydrogen-bond acceptors (Lipinski definition) is 2. The Morgan fingerprint density at radius 3 is 2.31 bits per heavy atom. The van der Waals surface area contributed by atoms with E-state index in [1.165, 1.54) is 12.8 Å². The Morgan fingerprint density at radius 2 is 1.63 bits per heavy atom. The highest BCUT2D eigenvalue weighted by Crippen LogP contribution is 2.41. The quantitative estimate of drug-likeness (QED) is 0.354. The number of hydrogen-bond donors (Lipinski definition) is 0. The first kappa shape index (κ1) is 24.2. The van der Waals surface area contributed by atoms with Gasteiger partial charge in [-0.15, -0.1) is 0 Å². The summed E-state index contributed by atoms with van der Waals surface area (Å²) in [6, 6.07) is 24.6. The van der Waals surface area contributed by atoms with Crippen LogP contribution in [0.4, 0.5) is 5.69 Å². The van der Waals surface area contributed by atoms with Crippen molar-refractivity contribution in [3.8, 4) is 0 Å². The Morgan fingerprint density at radius 1 is 0.914 bits per heavy atom. The molecule has 1 aliphatic carbocycles. The maximum atomic E-state index is 14.1.